The van der Waals surface area contributed by atoms with Crippen LogP contribution in [0.3, 0.4) is 0 Å². The number of amides is 1. The Labute approximate surface area is 295 Å². The van der Waals surface area contributed by atoms with Crippen LogP contribution in [0.5, 0.6) is 0 Å². The highest BCUT2D eigenvalue weighted by Gasteiger charge is 2.44. The van der Waals surface area contributed by atoms with E-state index < -0.39 is 74.2 Å². The van der Waals surface area contributed by atoms with Crippen LogP contribution < -0.4 is 5.32 Å². The predicted molar refractivity (Wildman–Crippen MR) is 192 cm³/mol. The number of aliphatic hydroxyl groups excluding tert-OH is 7. The number of unbranched alkanes of at least 4 members (excludes halogenated alkanes) is 11. The smallest absolute Gasteiger partial charge is 0.249 e. The maximum absolute atomic E-state index is 12.9. The van der Waals surface area contributed by atoms with E-state index in [2.05, 4.69) is 49.5 Å². The standard InChI is InChI=1S/C38H69NO10/c1-3-5-7-9-11-12-13-14-15-16-17-18-19-20-22-24-26-31(42)37(47)39-29(33(43)30(41)25-23-21-10-8-6-4-2)28-48-38-36(46)35(45)34(44)32(27-40)49-38/h8,10-12,14-15,29-36,38,40-46H,3-7,9,13,16-28H2,1-2H3,(H,39,47)/b10-8+,12-11-,15-14-. The van der Waals surface area contributed by atoms with Crippen molar-refractivity contribution >= 4 is 5.91 Å². The Morgan fingerprint density at radius 2 is 1.31 bits per heavy atom. The van der Waals surface area contributed by atoms with Crippen LogP contribution in [0.25, 0.3) is 0 Å². The summed E-state index contributed by atoms with van der Waals surface area (Å²) in [6.45, 7) is 3.22. The second kappa shape index (κ2) is 29.0. The van der Waals surface area contributed by atoms with Crippen molar-refractivity contribution in [2.75, 3.05) is 13.2 Å². The first-order valence-corrected chi connectivity index (χ1v) is 18.9. The van der Waals surface area contributed by atoms with Crippen LogP contribution in [-0.2, 0) is 14.3 Å². The summed E-state index contributed by atoms with van der Waals surface area (Å²) in [6.07, 6.45) is 18.2. The second-order valence-corrected chi connectivity index (χ2v) is 13.3. The van der Waals surface area contributed by atoms with Crippen molar-refractivity contribution in [1.29, 1.82) is 0 Å². The van der Waals surface area contributed by atoms with Gasteiger partial charge in [0.25, 0.3) is 0 Å². The molecule has 0 saturated carbocycles. The van der Waals surface area contributed by atoms with Crippen LogP contribution in [0.4, 0.5) is 0 Å². The Balaban J connectivity index is 2.51. The van der Waals surface area contributed by atoms with E-state index in [4.69, 9.17) is 9.47 Å². The van der Waals surface area contributed by atoms with Crippen LogP contribution in [0.15, 0.2) is 36.5 Å². The van der Waals surface area contributed by atoms with Gasteiger partial charge in [-0.1, -0.05) is 102 Å². The molecule has 1 heterocycles. The molecule has 1 saturated heterocycles. The predicted octanol–water partition coefficient (Wildman–Crippen LogP) is 4.10. The zero-order valence-electron chi connectivity index (χ0n) is 30.2. The third-order valence-corrected chi connectivity index (χ3v) is 8.90. The molecule has 1 aliphatic rings. The van der Waals surface area contributed by atoms with Crippen LogP contribution in [-0.4, -0.2) is 110 Å². The lowest BCUT2D eigenvalue weighted by atomic mass is 9.98. The van der Waals surface area contributed by atoms with E-state index >= 15 is 0 Å². The van der Waals surface area contributed by atoms with Crippen LogP contribution >= 0.6 is 0 Å². The number of aliphatic hydroxyl groups is 7. The van der Waals surface area contributed by atoms with Gasteiger partial charge in [-0.15, -0.1) is 0 Å². The Morgan fingerprint density at radius 3 is 1.96 bits per heavy atom. The van der Waals surface area contributed by atoms with Crippen molar-refractivity contribution in [2.24, 2.45) is 0 Å². The van der Waals surface area contributed by atoms with Gasteiger partial charge in [0, 0.05) is 0 Å². The fraction of sp³-hybridized carbons (Fsp3) is 0.816. The van der Waals surface area contributed by atoms with E-state index in [1.54, 1.807) is 0 Å². The minimum atomic E-state index is -1.67. The first-order valence-electron chi connectivity index (χ1n) is 18.9. The topological polar surface area (TPSA) is 189 Å². The summed E-state index contributed by atoms with van der Waals surface area (Å²) >= 11 is 0. The number of nitrogens with one attached hydrogen (secondary N) is 1. The lowest BCUT2D eigenvalue weighted by Crippen LogP contribution is -2.60. The summed E-state index contributed by atoms with van der Waals surface area (Å²) in [5.74, 6) is -0.723. The third-order valence-electron chi connectivity index (χ3n) is 8.90. The quantitative estimate of drug-likeness (QED) is 0.0417. The molecule has 8 N–H and O–H groups in total. The van der Waals surface area contributed by atoms with Crippen molar-refractivity contribution in [3.63, 3.8) is 0 Å². The fourth-order valence-corrected chi connectivity index (χ4v) is 5.65. The third kappa shape index (κ3) is 20.1. The molecule has 49 heavy (non-hydrogen) atoms. The number of hydrogen-bond acceptors (Lipinski definition) is 10. The fourth-order valence-electron chi connectivity index (χ4n) is 5.65. The monoisotopic (exact) mass is 699 g/mol. The molecule has 9 unspecified atom stereocenters. The average molecular weight is 700 g/mol. The van der Waals surface area contributed by atoms with E-state index in [1.165, 1.54) is 19.3 Å². The van der Waals surface area contributed by atoms with Gasteiger partial charge in [0.1, 0.15) is 36.6 Å². The molecule has 11 nitrogen and oxygen atoms in total. The highest BCUT2D eigenvalue weighted by Crippen LogP contribution is 2.23. The number of carbonyl (C=O) groups is 1. The molecular weight excluding hydrogens is 630 g/mol. The number of allylic oxidation sites excluding steroid dienone is 6. The molecule has 11 heteroatoms. The normalized spacial score (nSPS) is 24.1. The Hall–Kier alpha value is -1.67. The number of rotatable bonds is 29. The summed E-state index contributed by atoms with van der Waals surface area (Å²) in [5.41, 5.74) is 0. The Kier molecular flexibility index (Phi) is 26.8. The van der Waals surface area contributed by atoms with Crippen molar-refractivity contribution in [1.82, 2.24) is 5.32 Å². The van der Waals surface area contributed by atoms with Gasteiger partial charge in [0.2, 0.25) is 5.91 Å². The second-order valence-electron chi connectivity index (χ2n) is 13.3. The van der Waals surface area contributed by atoms with E-state index in [1.807, 2.05) is 6.08 Å². The molecule has 0 spiro atoms. The van der Waals surface area contributed by atoms with Crippen molar-refractivity contribution in [3.8, 4) is 0 Å². The van der Waals surface area contributed by atoms with Crippen LogP contribution in [0, 0.1) is 0 Å². The highest BCUT2D eigenvalue weighted by molar-refractivity contribution is 5.80. The molecule has 0 aromatic carbocycles. The summed E-state index contributed by atoms with van der Waals surface area (Å²) in [5, 5.41) is 74.7. The van der Waals surface area contributed by atoms with Crippen molar-refractivity contribution in [3.05, 3.63) is 36.5 Å². The largest absolute Gasteiger partial charge is 0.394 e. The zero-order chi connectivity index (χ0) is 36.3. The highest BCUT2D eigenvalue weighted by atomic mass is 16.7. The van der Waals surface area contributed by atoms with Crippen molar-refractivity contribution < 1.29 is 50.0 Å². The van der Waals surface area contributed by atoms with Crippen LogP contribution in [0.1, 0.15) is 129 Å². The molecule has 1 fully saturated rings. The Morgan fingerprint density at radius 1 is 0.714 bits per heavy atom. The van der Waals surface area contributed by atoms with Crippen LogP contribution in [0.2, 0.25) is 0 Å². The minimum Gasteiger partial charge on any atom is -0.394 e. The number of ether oxygens (including phenoxy) is 2. The minimum absolute atomic E-state index is 0.240. The van der Waals surface area contributed by atoms with Gasteiger partial charge in [-0.3, -0.25) is 4.79 Å². The summed E-state index contributed by atoms with van der Waals surface area (Å²) in [7, 11) is 0. The van der Waals surface area contributed by atoms with Crippen molar-refractivity contribution in [2.45, 2.75) is 184 Å². The molecule has 0 bridgehead atoms. The van der Waals surface area contributed by atoms with E-state index in [0.29, 0.717) is 12.8 Å². The molecule has 1 aliphatic heterocycles. The van der Waals surface area contributed by atoms with E-state index in [9.17, 15) is 40.5 Å². The molecule has 1 rings (SSSR count). The molecule has 0 aliphatic carbocycles. The summed E-state index contributed by atoms with van der Waals surface area (Å²) in [4.78, 5) is 12.9. The van der Waals surface area contributed by atoms with E-state index in [0.717, 1.165) is 70.6 Å². The van der Waals surface area contributed by atoms with Gasteiger partial charge in [0.05, 0.1) is 25.4 Å². The maximum Gasteiger partial charge on any atom is 0.249 e. The number of carbonyl (C=O) groups excluding carboxylic acids is 1. The molecule has 0 radical (unpaired) electrons. The van der Waals surface area contributed by atoms with Gasteiger partial charge in [-0.05, 0) is 64.2 Å². The molecule has 9 atom stereocenters. The summed E-state index contributed by atoms with van der Waals surface area (Å²) < 4.78 is 11.0. The summed E-state index contributed by atoms with van der Waals surface area (Å²) in [6, 6.07) is -1.18. The number of hydrogen-bond donors (Lipinski definition) is 8. The van der Waals surface area contributed by atoms with Gasteiger partial charge in [-0.2, -0.15) is 0 Å². The lowest BCUT2D eigenvalue weighted by Gasteiger charge is -2.40. The van der Waals surface area contributed by atoms with E-state index in [-0.39, 0.29) is 12.8 Å². The maximum atomic E-state index is 12.9. The molecule has 1 amide bonds. The molecular formula is C38H69NO10. The Bertz CT molecular complexity index is 898. The molecule has 286 valence electrons. The molecule has 0 aromatic heterocycles. The van der Waals surface area contributed by atoms with Gasteiger partial charge < -0.3 is 50.5 Å². The zero-order valence-corrected chi connectivity index (χ0v) is 30.2. The first-order chi connectivity index (χ1) is 23.7. The lowest BCUT2D eigenvalue weighted by molar-refractivity contribution is -0.303. The van der Waals surface area contributed by atoms with Gasteiger partial charge in [-0.25, -0.2) is 0 Å². The van der Waals surface area contributed by atoms with Gasteiger partial charge in [0.15, 0.2) is 6.29 Å². The average Bonchev–Trinajstić information content (AvgIpc) is 3.10. The van der Waals surface area contributed by atoms with Gasteiger partial charge >= 0.3 is 0 Å². The first kappa shape index (κ1) is 45.4. The SMILES string of the molecule is CCC/C=C/CCCC(O)C(O)C(COC1OC(CO)C(O)C(O)C1O)NC(=O)C(O)CCCCCCCC/C=C\C/C=C\CCCCC. The molecule has 0 aromatic rings.